The number of thiophene rings is 3. The normalized spacial score (nSPS) is 20.8. The van der Waals surface area contributed by atoms with Crippen molar-refractivity contribution in [3.05, 3.63) is 223 Å². The zero-order valence-corrected chi connectivity index (χ0v) is 65.2. The summed E-state index contributed by atoms with van der Waals surface area (Å²) in [5, 5.41) is 55.5. The molecule has 0 aliphatic heterocycles. The molecule has 0 radical (unpaired) electrons. The second-order valence-electron chi connectivity index (χ2n) is 25.2. The van der Waals surface area contributed by atoms with E-state index in [4.69, 9.17) is 24.5 Å². The summed E-state index contributed by atoms with van der Waals surface area (Å²) < 4.78 is 73.6. The highest BCUT2D eigenvalue weighted by molar-refractivity contribution is 9.11. The fourth-order valence-corrected chi connectivity index (χ4v) is 17.5. The van der Waals surface area contributed by atoms with Crippen molar-refractivity contribution in [2.24, 2.45) is 33.9 Å². The van der Waals surface area contributed by atoms with Gasteiger partial charge in [-0.05, 0) is 154 Å². The van der Waals surface area contributed by atoms with E-state index in [2.05, 4.69) is 109 Å². The number of rotatable bonds is 28. The number of carbonyl (C=O) groups excluding carboxylic acids is 3. The average Bonchev–Trinajstić information content (AvgIpc) is 1.65. The lowest BCUT2D eigenvalue weighted by Crippen LogP contribution is -2.24. The van der Waals surface area contributed by atoms with Crippen molar-refractivity contribution < 1.29 is 69.1 Å². The molecular formula is C71H80Br3N11O15S5. The fraction of sp³-hybridized carbons (Fsp3) is 0.366. The second kappa shape index (κ2) is 37.9. The van der Waals surface area contributed by atoms with Gasteiger partial charge < -0.3 is 45.5 Å². The highest BCUT2D eigenvalue weighted by Gasteiger charge is 2.38. The Hall–Kier alpha value is -6.65. The maximum Gasteiger partial charge on any atom is 0.333 e. The minimum atomic E-state index is -4.09. The number of methoxy groups -OCH3 is 3. The third-order valence-electron chi connectivity index (χ3n) is 18.0. The second-order valence-corrected chi connectivity index (χ2v) is 33.1. The van der Waals surface area contributed by atoms with E-state index >= 15 is 0 Å². The molecule has 0 amide bonds. The fourth-order valence-electron chi connectivity index (χ4n) is 12.9. The lowest BCUT2D eigenvalue weighted by atomic mass is 10.00. The van der Waals surface area contributed by atoms with Crippen LogP contribution in [0, 0.1) is 23.7 Å². The summed E-state index contributed by atoms with van der Waals surface area (Å²) in [4.78, 5) is 66.7. The summed E-state index contributed by atoms with van der Waals surface area (Å²) in [6.07, 6.45) is 9.41. The van der Waals surface area contributed by atoms with Gasteiger partial charge in [-0.2, -0.15) is 16.8 Å². The number of nitrogens with one attached hydrogen (secondary N) is 3. The van der Waals surface area contributed by atoms with E-state index in [1.165, 1.54) is 65.4 Å². The van der Waals surface area contributed by atoms with Crippen molar-refractivity contribution >= 4 is 137 Å². The largest absolute Gasteiger partial charge is 0.396 e. The highest BCUT2D eigenvalue weighted by Crippen LogP contribution is 2.39. The van der Waals surface area contributed by atoms with Crippen molar-refractivity contribution in [2.75, 3.05) is 57.1 Å². The molecule has 3 saturated carbocycles. The van der Waals surface area contributed by atoms with Crippen LogP contribution in [0.25, 0.3) is 0 Å². The molecule has 0 spiro atoms. The third kappa shape index (κ3) is 22.3. The van der Waals surface area contributed by atoms with Crippen molar-refractivity contribution in [1.82, 2.24) is 29.9 Å². The van der Waals surface area contributed by atoms with Crippen LogP contribution in [0.3, 0.4) is 0 Å². The first-order valence-electron chi connectivity index (χ1n) is 32.5. The third-order valence-corrected chi connectivity index (χ3v) is 23.2. The maximum absolute atomic E-state index is 13.4. The number of nitrogens with zero attached hydrogens (tertiary/aromatic N) is 6. The smallest absolute Gasteiger partial charge is 0.333 e. The Morgan fingerprint density at radius 2 is 0.819 bits per heavy atom. The number of ketones is 3. The number of hydrogen-bond donors (Lipinski definition) is 8. The standard InChI is InChI=1S/C24H26BrN3O3S.2C23H25BrN4O6S2.CH4/c1-14-6-19(8-16(14)11-29)28-24-20(10-26-13-27-24)22(30)21-9-17(12-32-21)23(31-2)15-4-3-5-18(25)7-15;2*1-33-22(13-3-2-4-16(24)5-13)15-7-20(35-11-15)21(30)18-9-26-12-27-23(18)28-17-6-14(19(29)8-17)10-34-36(25,31)32;/h3-5,7,9-10,12-14,16,19,23,29H,6,8,11H2,1-2H3,(H,26,27,28);2*2-5,7,9,11-12,14,17,19,22,29H,6,8,10H2,1H3,(H2,25,31,32)(H,26,27,28);1H4/t14-,16+,19-,23?;2*14-,17-,19+,22?;/m011./s1. The van der Waals surface area contributed by atoms with E-state index in [0.29, 0.717) is 80.4 Å². The van der Waals surface area contributed by atoms with E-state index in [-0.39, 0.29) is 87.0 Å². The van der Waals surface area contributed by atoms with Crippen molar-refractivity contribution in [1.29, 1.82) is 0 Å². The van der Waals surface area contributed by atoms with Crippen molar-refractivity contribution in [3.63, 3.8) is 0 Å². The SMILES string of the molecule is C.COC(c1cccc(Br)c1)c1csc(C(=O)c2cncnc2N[C@@H]2C[C@H](CO)[C@@H](C)C2)c1.COC(c1cccc(Br)c1)c1csc(C(=O)c2cncnc2N[C@@H]2C[C@H](COS(N)(=O)=O)[C@@H](O)C2)c1.COC(c1cccc(Br)c1)c1csc(C(=O)c2cncnc2N[C@@H]2C[C@H](COS(N)(=O)=O)[C@@H](O)C2)c1. The van der Waals surface area contributed by atoms with Gasteiger partial charge in [0, 0.05) is 89.9 Å². The molecule has 6 heterocycles. The number of ether oxygens (including phenoxy) is 3. The summed E-state index contributed by atoms with van der Waals surface area (Å²) in [6, 6.07) is 28.7. The van der Waals surface area contributed by atoms with Crippen LogP contribution in [0.1, 0.15) is 150 Å². The molecule has 12 rings (SSSR count). The van der Waals surface area contributed by atoms with E-state index in [1.807, 2.05) is 95.0 Å². The van der Waals surface area contributed by atoms with Gasteiger partial charge in [0.1, 0.15) is 54.7 Å². The molecule has 12 atom stereocenters. The predicted octanol–water partition coefficient (Wildman–Crippen LogP) is 11.8. The molecule has 9 aromatic rings. The van der Waals surface area contributed by atoms with Gasteiger partial charge in [-0.3, -0.25) is 22.7 Å². The number of aliphatic hydroxyl groups excluding tert-OH is 3. The van der Waals surface area contributed by atoms with E-state index in [0.717, 1.165) is 59.6 Å². The topological polar surface area (TPSA) is 392 Å². The van der Waals surface area contributed by atoms with Gasteiger partial charge in [-0.25, -0.2) is 40.2 Å². The monoisotopic (exact) mass is 1720 g/mol. The van der Waals surface area contributed by atoms with E-state index < -0.39 is 44.7 Å². The molecule has 560 valence electrons. The molecule has 0 saturated heterocycles. The van der Waals surface area contributed by atoms with Gasteiger partial charge in [0.25, 0.3) is 0 Å². The van der Waals surface area contributed by atoms with Gasteiger partial charge in [0.05, 0.1) is 56.7 Å². The molecule has 3 aromatic carbocycles. The van der Waals surface area contributed by atoms with Crippen molar-refractivity contribution in [3.8, 4) is 0 Å². The Bertz CT molecular complexity index is 4470. The predicted molar refractivity (Wildman–Crippen MR) is 412 cm³/mol. The van der Waals surface area contributed by atoms with Gasteiger partial charge in [-0.15, -0.1) is 34.0 Å². The van der Waals surface area contributed by atoms with Gasteiger partial charge >= 0.3 is 20.6 Å². The minimum absolute atomic E-state index is 0. The summed E-state index contributed by atoms with van der Waals surface area (Å²) in [5.41, 5.74) is 6.60. The van der Waals surface area contributed by atoms with E-state index in [9.17, 15) is 46.5 Å². The molecule has 0 bridgehead atoms. The Kier molecular flexibility index (Phi) is 29.8. The van der Waals surface area contributed by atoms with Crippen LogP contribution in [0.15, 0.2) is 158 Å². The summed E-state index contributed by atoms with van der Waals surface area (Å²) in [6.45, 7) is 1.90. The first-order valence-corrected chi connectivity index (χ1v) is 40.5. The maximum atomic E-state index is 13.4. The van der Waals surface area contributed by atoms with Crippen LogP contribution < -0.4 is 26.2 Å². The molecule has 10 N–H and O–H groups in total. The Morgan fingerprint density at radius 3 is 1.10 bits per heavy atom. The Morgan fingerprint density at radius 1 is 0.505 bits per heavy atom. The Balaban J connectivity index is 0.000000182. The quantitative estimate of drug-likeness (QED) is 0.0211. The molecular weight excluding hydrogens is 1650 g/mol. The van der Waals surface area contributed by atoms with E-state index in [1.54, 1.807) is 39.7 Å². The lowest BCUT2D eigenvalue weighted by molar-refractivity contribution is 0.100. The van der Waals surface area contributed by atoms with Crippen LogP contribution in [0.2, 0.25) is 0 Å². The number of hydrogen-bond acceptors (Lipinski definition) is 27. The molecule has 26 nitrogen and oxygen atoms in total. The average molecular weight is 1730 g/mol. The van der Waals surface area contributed by atoms with Crippen LogP contribution >= 0.6 is 81.8 Å². The van der Waals surface area contributed by atoms with Crippen LogP contribution in [-0.2, 0) is 43.2 Å². The number of anilines is 3. The van der Waals surface area contributed by atoms with Gasteiger partial charge in [0.15, 0.2) is 0 Å². The van der Waals surface area contributed by atoms with Gasteiger partial charge in [0.2, 0.25) is 17.3 Å². The van der Waals surface area contributed by atoms with Crippen LogP contribution in [-0.4, -0.2) is 151 Å². The molecule has 105 heavy (non-hydrogen) atoms. The number of halogens is 3. The zero-order valence-electron chi connectivity index (χ0n) is 56.4. The lowest BCUT2D eigenvalue weighted by Gasteiger charge is -2.16. The first-order chi connectivity index (χ1) is 49.8. The minimum Gasteiger partial charge on any atom is -0.396 e. The number of carbonyl (C=O) groups is 3. The Labute approximate surface area is 646 Å². The summed E-state index contributed by atoms with van der Waals surface area (Å²) in [7, 11) is -3.28. The zero-order chi connectivity index (χ0) is 74.4. The molecule has 34 heteroatoms. The van der Waals surface area contributed by atoms with Crippen molar-refractivity contribution in [2.45, 2.75) is 102 Å². The molecule has 3 fully saturated rings. The van der Waals surface area contributed by atoms with Crippen LogP contribution in [0.4, 0.5) is 17.5 Å². The number of nitrogens with two attached hydrogens (primary N) is 2. The summed E-state index contributed by atoms with van der Waals surface area (Å²) in [5.74, 6) is 0.480. The number of benzene rings is 3. The molecule has 3 aliphatic carbocycles. The highest BCUT2D eigenvalue weighted by atomic mass is 79.9. The molecule has 3 aliphatic rings. The number of aliphatic hydroxyl groups is 3. The summed E-state index contributed by atoms with van der Waals surface area (Å²) >= 11 is 14.5. The molecule has 3 unspecified atom stereocenters. The van der Waals surface area contributed by atoms with Crippen LogP contribution in [0.5, 0.6) is 0 Å². The first kappa shape index (κ1) is 82.4. The molecule has 6 aromatic heterocycles. The van der Waals surface area contributed by atoms with Gasteiger partial charge in [-0.1, -0.05) is 98.5 Å². The number of aromatic nitrogens is 6.